The number of amides is 1. The van der Waals surface area contributed by atoms with Crippen molar-refractivity contribution in [1.82, 2.24) is 4.90 Å². The molecule has 2 heterocycles. The number of ether oxygens (including phenoxy) is 1. The molecular formula is C36H44BClN2O4. The maximum Gasteiger partial charge on any atom is 0.488 e. The second-order valence-corrected chi connectivity index (χ2v) is 13.5. The molecule has 3 aromatic carbocycles. The smallest absolute Gasteiger partial charge is 0.444 e. The summed E-state index contributed by atoms with van der Waals surface area (Å²) in [6, 6.07) is 26.6. The molecule has 2 saturated heterocycles. The van der Waals surface area contributed by atoms with Gasteiger partial charge in [0.05, 0.1) is 0 Å². The van der Waals surface area contributed by atoms with Gasteiger partial charge in [-0.05, 0) is 104 Å². The van der Waals surface area contributed by atoms with Gasteiger partial charge in [-0.1, -0.05) is 66.7 Å². The molecule has 0 unspecified atom stereocenters. The van der Waals surface area contributed by atoms with Crippen LogP contribution in [0.3, 0.4) is 0 Å². The first-order valence-corrected chi connectivity index (χ1v) is 16.3. The highest BCUT2D eigenvalue weighted by Gasteiger charge is 2.39. The standard InChI is InChI=1S/C36H44BClN2O4/c1-35(2,3)44-34(41)40-25-20-36(21-26-40)18-23-39(24-19-36)31-15-11-29(12-16-31)33(28-9-13-30(14-10-28)37(42)43)32(17-22-38)27-7-5-4-6-8-27/h4-16,42-43H,17-26H2,1-3H3/b33-32-. The lowest BCUT2D eigenvalue weighted by Gasteiger charge is -2.47. The Morgan fingerprint density at radius 3 is 1.89 bits per heavy atom. The molecule has 8 heteroatoms. The summed E-state index contributed by atoms with van der Waals surface area (Å²) in [5.74, 6) is 0.490. The number of nitrogens with zero attached hydrogens (tertiary/aromatic N) is 2. The second kappa shape index (κ2) is 13.8. The summed E-state index contributed by atoms with van der Waals surface area (Å²) in [6.45, 7) is 9.28. The molecule has 0 aliphatic carbocycles. The van der Waals surface area contributed by atoms with Crippen LogP contribution in [0.1, 0.15) is 69.6 Å². The molecule has 2 fully saturated rings. The summed E-state index contributed by atoms with van der Waals surface area (Å²) in [5, 5.41) is 19.3. The van der Waals surface area contributed by atoms with E-state index < -0.39 is 12.7 Å². The van der Waals surface area contributed by atoms with E-state index in [0.29, 0.717) is 23.2 Å². The van der Waals surface area contributed by atoms with Crippen LogP contribution in [-0.2, 0) is 4.74 Å². The van der Waals surface area contributed by atoms with Gasteiger partial charge in [-0.3, -0.25) is 0 Å². The van der Waals surface area contributed by atoms with Crippen molar-refractivity contribution in [3.05, 3.63) is 95.6 Å². The molecule has 2 N–H and O–H groups in total. The Morgan fingerprint density at radius 1 is 0.818 bits per heavy atom. The molecule has 3 aromatic rings. The maximum atomic E-state index is 12.6. The zero-order valence-corrected chi connectivity index (χ0v) is 26.9. The fourth-order valence-electron chi connectivity index (χ4n) is 6.55. The fraction of sp³-hybridized carbons (Fsp3) is 0.417. The summed E-state index contributed by atoms with van der Waals surface area (Å²) in [5.41, 5.74) is 6.97. The van der Waals surface area contributed by atoms with Crippen LogP contribution in [0.2, 0.25) is 0 Å². The third-order valence-electron chi connectivity index (χ3n) is 9.09. The highest BCUT2D eigenvalue weighted by molar-refractivity contribution is 6.58. The van der Waals surface area contributed by atoms with Gasteiger partial charge in [0, 0.05) is 37.7 Å². The average molecular weight is 615 g/mol. The van der Waals surface area contributed by atoms with Crippen LogP contribution in [0, 0.1) is 5.41 Å². The van der Waals surface area contributed by atoms with Gasteiger partial charge >= 0.3 is 13.2 Å². The Bertz CT molecular complexity index is 1420. The Balaban J connectivity index is 1.33. The molecule has 1 spiro atoms. The molecule has 1 amide bonds. The minimum absolute atomic E-state index is 0.193. The Labute approximate surface area is 267 Å². The Hall–Kier alpha value is -3.26. The van der Waals surface area contributed by atoms with Crippen molar-refractivity contribution in [3.63, 3.8) is 0 Å². The van der Waals surface area contributed by atoms with Gasteiger partial charge in [-0.25, -0.2) is 4.79 Å². The van der Waals surface area contributed by atoms with Crippen molar-refractivity contribution in [2.24, 2.45) is 5.41 Å². The van der Waals surface area contributed by atoms with E-state index >= 15 is 0 Å². The molecule has 2 aliphatic rings. The van der Waals surface area contributed by atoms with E-state index in [-0.39, 0.29) is 6.09 Å². The first kappa shape index (κ1) is 32.1. The van der Waals surface area contributed by atoms with Gasteiger partial charge in [0.1, 0.15) is 5.60 Å². The number of hydrogen-bond donors (Lipinski definition) is 2. The summed E-state index contributed by atoms with van der Waals surface area (Å²) in [6.07, 6.45) is 4.82. The summed E-state index contributed by atoms with van der Waals surface area (Å²) < 4.78 is 5.60. The van der Waals surface area contributed by atoms with E-state index in [9.17, 15) is 14.8 Å². The van der Waals surface area contributed by atoms with Gasteiger partial charge in [0.15, 0.2) is 0 Å². The molecule has 2 aliphatic heterocycles. The minimum atomic E-state index is -1.51. The van der Waals surface area contributed by atoms with Crippen LogP contribution in [-0.4, -0.2) is 65.8 Å². The predicted molar refractivity (Wildman–Crippen MR) is 181 cm³/mol. The third-order valence-corrected chi connectivity index (χ3v) is 9.28. The SMILES string of the molecule is CC(C)(C)OC(=O)N1CCC2(CC1)CCN(c1ccc(/C(=C(/CCCl)c3ccccc3)c3ccc(B(O)O)cc3)cc1)CC2. The highest BCUT2D eigenvalue weighted by atomic mass is 35.5. The summed E-state index contributed by atoms with van der Waals surface area (Å²) in [4.78, 5) is 16.9. The highest BCUT2D eigenvalue weighted by Crippen LogP contribution is 2.43. The first-order valence-electron chi connectivity index (χ1n) is 15.7. The summed E-state index contributed by atoms with van der Waals surface area (Å²) >= 11 is 6.34. The van der Waals surface area contributed by atoms with E-state index in [1.165, 1.54) is 5.69 Å². The molecular weight excluding hydrogens is 571 g/mol. The number of carbonyl (C=O) groups is 1. The lowest BCUT2D eigenvalue weighted by atomic mass is 9.71. The van der Waals surface area contributed by atoms with Crippen LogP contribution in [0.5, 0.6) is 0 Å². The zero-order valence-electron chi connectivity index (χ0n) is 26.1. The topological polar surface area (TPSA) is 73.2 Å². The number of anilines is 1. The number of allylic oxidation sites excluding steroid dienone is 1. The third kappa shape index (κ3) is 7.69. The van der Waals surface area contributed by atoms with Crippen LogP contribution in [0.15, 0.2) is 78.9 Å². The maximum absolute atomic E-state index is 12.6. The molecule has 0 bridgehead atoms. The van der Waals surface area contributed by atoms with Gasteiger partial charge < -0.3 is 24.6 Å². The normalized spacial score (nSPS) is 17.3. The van der Waals surface area contributed by atoms with Crippen molar-refractivity contribution in [2.75, 3.05) is 37.0 Å². The van der Waals surface area contributed by atoms with E-state index in [1.54, 1.807) is 12.1 Å². The van der Waals surface area contributed by atoms with Crippen LogP contribution in [0.4, 0.5) is 10.5 Å². The molecule has 0 atom stereocenters. The number of alkyl halides is 1. The van der Waals surface area contributed by atoms with Gasteiger partial charge in [0.25, 0.3) is 0 Å². The second-order valence-electron chi connectivity index (χ2n) is 13.2. The number of carbonyl (C=O) groups excluding carboxylic acids is 1. The van der Waals surface area contributed by atoms with Crippen molar-refractivity contribution in [3.8, 4) is 0 Å². The average Bonchev–Trinajstić information content (AvgIpc) is 3.02. The molecule has 5 rings (SSSR count). The minimum Gasteiger partial charge on any atom is -0.444 e. The molecule has 0 aromatic heterocycles. The summed E-state index contributed by atoms with van der Waals surface area (Å²) in [7, 11) is -1.51. The van der Waals surface area contributed by atoms with Crippen molar-refractivity contribution >= 4 is 47.1 Å². The number of halogens is 1. The van der Waals surface area contributed by atoms with E-state index in [2.05, 4.69) is 41.3 Å². The van der Waals surface area contributed by atoms with Gasteiger partial charge in [0.2, 0.25) is 0 Å². The predicted octanol–water partition coefficient (Wildman–Crippen LogP) is 6.57. The van der Waals surface area contributed by atoms with Crippen LogP contribution < -0.4 is 10.4 Å². The lowest BCUT2D eigenvalue weighted by Crippen LogP contribution is -2.49. The van der Waals surface area contributed by atoms with Crippen molar-refractivity contribution in [2.45, 2.75) is 58.5 Å². The quantitative estimate of drug-likeness (QED) is 0.179. The van der Waals surface area contributed by atoms with Crippen LogP contribution in [0.25, 0.3) is 11.1 Å². The lowest BCUT2D eigenvalue weighted by molar-refractivity contribution is 0.00665. The fourth-order valence-corrected chi connectivity index (χ4v) is 6.74. The number of benzene rings is 3. The molecule has 44 heavy (non-hydrogen) atoms. The number of hydrogen-bond acceptors (Lipinski definition) is 5. The van der Waals surface area contributed by atoms with Crippen LogP contribution >= 0.6 is 11.6 Å². The zero-order chi connectivity index (χ0) is 31.3. The number of rotatable bonds is 7. The monoisotopic (exact) mass is 614 g/mol. The Morgan fingerprint density at radius 2 is 1.36 bits per heavy atom. The van der Waals surface area contributed by atoms with Crippen molar-refractivity contribution < 1.29 is 19.6 Å². The molecule has 0 radical (unpaired) electrons. The molecule has 6 nitrogen and oxygen atoms in total. The van der Waals surface area contributed by atoms with Gasteiger partial charge in [-0.15, -0.1) is 11.6 Å². The number of piperidine rings is 2. The van der Waals surface area contributed by atoms with Crippen molar-refractivity contribution in [1.29, 1.82) is 0 Å². The molecule has 232 valence electrons. The largest absolute Gasteiger partial charge is 0.488 e. The van der Waals surface area contributed by atoms with Gasteiger partial charge in [-0.2, -0.15) is 0 Å². The van der Waals surface area contributed by atoms with E-state index in [1.807, 2.05) is 56.0 Å². The molecule has 0 saturated carbocycles. The number of likely N-dealkylation sites (tertiary alicyclic amines) is 1. The Kier molecular flexibility index (Phi) is 10.1. The van der Waals surface area contributed by atoms with E-state index in [0.717, 1.165) is 79.7 Å². The van der Waals surface area contributed by atoms with E-state index in [4.69, 9.17) is 16.3 Å². The first-order chi connectivity index (χ1) is 21.1.